The highest BCUT2D eigenvalue weighted by Crippen LogP contribution is 2.15. The highest BCUT2D eigenvalue weighted by Gasteiger charge is 2.39. The molecule has 0 aromatic heterocycles. The highest BCUT2D eigenvalue weighted by molar-refractivity contribution is 6.06. The van der Waals surface area contributed by atoms with Crippen LogP contribution in [0.25, 0.3) is 0 Å². The van der Waals surface area contributed by atoms with Crippen molar-refractivity contribution in [2.75, 3.05) is 20.2 Å². The van der Waals surface area contributed by atoms with Gasteiger partial charge in [-0.3, -0.25) is 14.5 Å². The lowest BCUT2D eigenvalue weighted by atomic mass is 10.1. The number of likely N-dealkylation sites (N-methyl/N-ethyl adjacent to an activating group) is 1. The molecule has 0 spiro atoms. The van der Waals surface area contributed by atoms with Crippen LogP contribution in [0.4, 0.5) is 4.79 Å². The monoisotopic (exact) mass is 395 g/mol. The zero-order chi connectivity index (χ0) is 20.8. The van der Waals surface area contributed by atoms with Crippen molar-refractivity contribution in [2.45, 2.75) is 25.9 Å². The number of carbonyl (C=O) groups excluding carboxylic acids is 3. The Morgan fingerprint density at radius 1 is 1.07 bits per heavy atom. The number of nitrogens with zero attached hydrogens (tertiary/aromatic N) is 2. The number of rotatable bonds is 8. The zero-order valence-corrected chi connectivity index (χ0v) is 16.6. The van der Waals surface area contributed by atoms with Crippen LogP contribution in [0, 0.1) is 0 Å². The van der Waals surface area contributed by atoms with Crippen LogP contribution >= 0.6 is 0 Å². The first kappa shape index (κ1) is 20.4. The van der Waals surface area contributed by atoms with E-state index in [2.05, 4.69) is 5.32 Å². The van der Waals surface area contributed by atoms with Gasteiger partial charge in [-0.2, -0.15) is 0 Å². The molecule has 29 heavy (non-hydrogen) atoms. The van der Waals surface area contributed by atoms with Crippen LogP contribution in [0.1, 0.15) is 18.1 Å². The fourth-order valence-corrected chi connectivity index (χ4v) is 3.19. The first-order chi connectivity index (χ1) is 14.0. The molecule has 7 nitrogen and oxygen atoms in total. The van der Waals surface area contributed by atoms with Crippen LogP contribution < -0.4 is 10.1 Å². The maximum Gasteiger partial charge on any atom is 0.325 e. The van der Waals surface area contributed by atoms with E-state index in [4.69, 9.17) is 4.74 Å². The Morgan fingerprint density at radius 2 is 1.76 bits per heavy atom. The van der Waals surface area contributed by atoms with Gasteiger partial charge in [0.15, 0.2) is 0 Å². The number of ether oxygens (including phenoxy) is 1. The number of carbonyl (C=O) groups is 3. The van der Waals surface area contributed by atoms with Crippen LogP contribution in [0.3, 0.4) is 0 Å². The van der Waals surface area contributed by atoms with Gasteiger partial charge in [0.05, 0.1) is 6.61 Å². The Labute approximate surface area is 170 Å². The molecular weight excluding hydrogens is 370 g/mol. The van der Waals surface area contributed by atoms with Gasteiger partial charge in [-0.1, -0.05) is 42.5 Å². The average Bonchev–Trinajstić information content (AvgIpc) is 2.97. The molecule has 1 heterocycles. The lowest BCUT2D eigenvalue weighted by molar-refractivity contribution is -0.136. The molecule has 7 heteroatoms. The van der Waals surface area contributed by atoms with Gasteiger partial charge in [-0.25, -0.2) is 4.79 Å². The van der Waals surface area contributed by atoms with Crippen molar-refractivity contribution in [3.05, 3.63) is 65.7 Å². The van der Waals surface area contributed by atoms with Crippen molar-refractivity contribution in [1.82, 2.24) is 15.1 Å². The number of nitrogens with one attached hydrogen (secondary N) is 1. The predicted molar refractivity (Wildman–Crippen MR) is 108 cm³/mol. The Hall–Kier alpha value is -3.35. The van der Waals surface area contributed by atoms with E-state index in [9.17, 15) is 14.4 Å². The third-order valence-corrected chi connectivity index (χ3v) is 4.76. The summed E-state index contributed by atoms with van der Waals surface area (Å²) in [5.74, 6) is 0.0958. The van der Waals surface area contributed by atoms with E-state index >= 15 is 0 Å². The van der Waals surface area contributed by atoms with E-state index in [1.54, 1.807) is 7.05 Å². The van der Waals surface area contributed by atoms with Crippen molar-refractivity contribution >= 4 is 17.8 Å². The van der Waals surface area contributed by atoms with E-state index < -0.39 is 12.1 Å². The molecule has 2 aromatic carbocycles. The molecule has 1 N–H and O–H groups in total. The van der Waals surface area contributed by atoms with Gasteiger partial charge in [0.2, 0.25) is 5.91 Å². The summed E-state index contributed by atoms with van der Waals surface area (Å²) in [7, 11) is 1.65. The first-order valence-electron chi connectivity index (χ1n) is 9.59. The average molecular weight is 395 g/mol. The van der Waals surface area contributed by atoms with Gasteiger partial charge in [0.25, 0.3) is 5.91 Å². The molecular formula is C22H25N3O4. The number of benzene rings is 2. The molecule has 2 aromatic rings. The second-order valence-corrected chi connectivity index (χ2v) is 6.94. The second kappa shape index (κ2) is 9.23. The Kier molecular flexibility index (Phi) is 6.49. The smallest absolute Gasteiger partial charge is 0.325 e. The molecule has 1 atom stereocenters. The van der Waals surface area contributed by atoms with Crippen molar-refractivity contribution in [3.63, 3.8) is 0 Å². The first-order valence-corrected chi connectivity index (χ1v) is 9.59. The second-order valence-electron chi connectivity index (χ2n) is 6.94. The molecule has 1 fully saturated rings. The molecule has 0 bridgehead atoms. The molecule has 1 aliphatic heterocycles. The summed E-state index contributed by atoms with van der Waals surface area (Å²) >= 11 is 0. The lowest BCUT2D eigenvalue weighted by Gasteiger charge is -2.20. The largest absolute Gasteiger partial charge is 0.494 e. The molecule has 0 unspecified atom stereocenters. The number of hydrogen-bond donors (Lipinski definition) is 1. The molecule has 152 valence electrons. The summed E-state index contributed by atoms with van der Waals surface area (Å²) in [5.41, 5.74) is 1.88. The summed E-state index contributed by atoms with van der Waals surface area (Å²) in [4.78, 5) is 39.9. The zero-order valence-electron chi connectivity index (χ0n) is 16.6. The van der Waals surface area contributed by atoms with E-state index in [-0.39, 0.29) is 18.4 Å². The third kappa shape index (κ3) is 5.13. The van der Waals surface area contributed by atoms with Gasteiger partial charge in [-0.15, -0.1) is 0 Å². The van der Waals surface area contributed by atoms with Crippen molar-refractivity contribution in [1.29, 1.82) is 0 Å². The number of imide groups is 1. The number of hydrogen-bond acceptors (Lipinski definition) is 4. The predicted octanol–water partition coefficient (Wildman–Crippen LogP) is 2.21. The summed E-state index contributed by atoms with van der Waals surface area (Å²) in [6, 6.07) is 15.8. The van der Waals surface area contributed by atoms with Gasteiger partial charge < -0.3 is 15.0 Å². The summed E-state index contributed by atoms with van der Waals surface area (Å²) < 4.78 is 5.41. The molecule has 4 amide bonds. The summed E-state index contributed by atoms with van der Waals surface area (Å²) in [6.07, 6.45) is 0.401. The standard InChI is InChI=1S/C22H25N3O4/c1-3-29-18-11-9-17(10-12-18)14-24(2)20(26)15-25-21(27)19(23-22(25)28)13-16-7-5-4-6-8-16/h4-12,19H,3,13-15H2,1-2H3,(H,23,28)/t19-/m0/s1. The minimum atomic E-state index is -0.644. The Bertz CT molecular complexity index is 867. The van der Waals surface area contributed by atoms with Gasteiger partial charge in [0.1, 0.15) is 18.3 Å². The molecule has 0 saturated carbocycles. The normalized spacial score (nSPS) is 15.9. The molecule has 1 saturated heterocycles. The van der Waals surface area contributed by atoms with E-state index in [0.717, 1.165) is 21.8 Å². The quantitative estimate of drug-likeness (QED) is 0.695. The van der Waals surface area contributed by atoms with Gasteiger partial charge in [-0.05, 0) is 30.2 Å². The molecule has 0 radical (unpaired) electrons. The molecule has 0 aliphatic carbocycles. The van der Waals surface area contributed by atoms with Crippen LogP contribution in [0.5, 0.6) is 5.75 Å². The fourth-order valence-electron chi connectivity index (χ4n) is 3.19. The molecule has 3 rings (SSSR count). The van der Waals surface area contributed by atoms with Crippen molar-refractivity contribution < 1.29 is 19.1 Å². The van der Waals surface area contributed by atoms with Crippen LogP contribution in [0.15, 0.2) is 54.6 Å². The minimum Gasteiger partial charge on any atom is -0.494 e. The van der Waals surface area contributed by atoms with Crippen LogP contribution in [-0.2, 0) is 22.6 Å². The summed E-state index contributed by atoms with van der Waals surface area (Å²) in [5, 5.41) is 2.67. The number of amides is 4. The van der Waals surface area contributed by atoms with Crippen LogP contribution in [0.2, 0.25) is 0 Å². The lowest BCUT2D eigenvalue weighted by Crippen LogP contribution is -2.41. The van der Waals surface area contributed by atoms with Crippen molar-refractivity contribution in [3.8, 4) is 5.75 Å². The van der Waals surface area contributed by atoms with Crippen LogP contribution in [-0.4, -0.2) is 53.9 Å². The topological polar surface area (TPSA) is 79.0 Å². The third-order valence-electron chi connectivity index (χ3n) is 4.76. The fraction of sp³-hybridized carbons (Fsp3) is 0.318. The van der Waals surface area contributed by atoms with E-state index in [1.165, 1.54) is 4.90 Å². The van der Waals surface area contributed by atoms with E-state index in [1.807, 2.05) is 61.5 Å². The van der Waals surface area contributed by atoms with Gasteiger partial charge in [0, 0.05) is 20.0 Å². The maximum atomic E-state index is 12.6. The molecule has 1 aliphatic rings. The van der Waals surface area contributed by atoms with E-state index in [0.29, 0.717) is 19.6 Å². The Balaban J connectivity index is 1.56. The Morgan fingerprint density at radius 3 is 2.41 bits per heavy atom. The highest BCUT2D eigenvalue weighted by atomic mass is 16.5. The maximum absolute atomic E-state index is 12.6. The minimum absolute atomic E-state index is 0.274. The van der Waals surface area contributed by atoms with Gasteiger partial charge >= 0.3 is 6.03 Å². The van der Waals surface area contributed by atoms with Crippen molar-refractivity contribution in [2.24, 2.45) is 0 Å². The number of urea groups is 1. The SMILES string of the molecule is CCOc1ccc(CN(C)C(=O)CN2C(=O)N[C@@H](Cc3ccccc3)C2=O)cc1. The summed E-state index contributed by atoms with van der Waals surface area (Å²) in [6.45, 7) is 2.61.